The van der Waals surface area contributed by atoms with Gasteiger partial charge in [-0.3, -0.25) is 9.20 Å². The summed E-state index contributed by atoms with van der Waals surface area (Å²) in [5, 5.41) is 11.8. The number of imidazole rings is 1. The maximum atomic E-state index is 12.9. The number of aliphatic hydroxyl groups excluding tert-OH is 1. The van der Waals surface area contributed by atoms with Gasteiger partial charge in [-0.15, -0.1) is 0 Å². The van der Waals surface area contributed by atoms with E-state index in [-0.39, 0.29) is 23.6 Å². The molecule has 0 fully saturated rings. The molecule has 9 heteroatoms. The molecule has 0 saturated carbocycles. The highest BCUT2D eigenvalue weighted by Gasteiger charge is 2.31. The number of hydrogen-bond donors (Lipinski definition) is 2. The maximum Gasteiger partial charge on any atom is 0.416 e. The van der Waals surface area contributed by atoms with Crippen molar-refractivity contribution in [2.24, 2.45) is 0 Å². The summed E-state index contributed by atoms with van der Waals surface area (Å²) in [6, 6.07) is 3.14. The van der Waals surface area contributed by atoms with Crippen molar-refractivity contribution >= 4 is 28.8 Å². The van der Waals surface area contributed by atoms with Gasteiger partial charge in [-0.2, -0.15) is 13.2 Å². The maximum absolute atomic E-state index is 12.9. The van der Waals surface area contributed by atoms with Crippen molar-refractivity contribution in [2.45, 2.75) is 12.6 Å². The van der Waals surface area contributed by atoms with Crippen LogP contribution in [-0.2, 0) is 6.18 Å². The standard InChI is InChI=1S/C15H13F3N4O2/c16-15(17,18)9-2-3-12-11(6-9)21-13(19-4-1-5-23)14-20-7-10(8-24)22(12)14/h2-3,6-8,23H,1,4-5H2,(H,19,21). The van der Waals surface area contributed by atoms with Crippen LogP contribution in [0.5, 0.6) is 0 Å². The Bertz CT molecular complexity index is 905. The molecule has 0 aliphatic carbocycles. The van der Waals surface area contributed by atoms with E-state index in [4.69, 9.17) is 5.11 Å². The fourth-order valence-corrected chi connectivity index (χ4v) is 2.42. The Labute approximate surface area is 133 Å². The minimum absolute atomic E-state index is 0.0386. The van der Waals surface area contributed by atoms with E-state index in [0.717, 1.165) is 12.1 Å². The van der Waals surface area contributed by atoms with E-state index in [0.29, 0.717) is 30.4 Å². The molecule has 0 aliphatic heterocycles. The largest absolute Gasteiger partial charge is 0.416 e. The van der Waals surface area contributed by atoms with Gasteiger partial charge < -0.3 is 10.4 Å². The second-order valence-corrected chi connectivity index (χ2v) is 5.13. The van der Waals surface area contributed by atoms with Crippen LogP contribution in [0.1, 0.15) is 22.5 Å². The number of fused-ring (bicyclic) bond motifs is 3. The summed E-state index contributed by atoms with van der Waals surface area (Å²) in [5.74, 6) is 0.253. The zero-order valence-electron chi connectivity index (χ0n) is 12.3. The van der Waals surface area contributed by atoms with Gasteiger partial charge >= 0.3 is 6.18 Å². The topological polar surface area (TPSA) is 79.5 Å². The molecule has 0 atom stereocenters. The SMILES string of the molecule is O=Cc1cnc2c(NCCCO)nc3cc(C(F)(F)F)ccc3n12. The van der Waals surface area contributed by atoms with Crippen molar-refractivity contribution in [3.63, 3.8) is 0 Å². The third kappa shape index (κ3) is 2.78. The Balaban J connectivity index is 2.24. The molecule has 0 radical (unpaired) electrons. The van der Waals surface area contributed by atoms with E-state index in [2.05, 4.69) is 15.3 Å². The number of carbonyl (C=O) groups excluding carboxylic acids is 1. The summed E-state index contributed by atoms with van der Waals surface area (Å²) in [6.45, 7) is 0.329. The molecule has 126 valence electrons. The van der Waals surface area contributed by atoms with Crippen molar-refractivity contribution in [2.75, 3.05) is 18.5 Å². The molecular weight excluding hydrogens is 325 g/mol. The number of anilines is 1. The molecule has 6 nitrogen and oxygen atoms in total. The van der Waals surface area contributed by atoms with E-state index in [9.17, 15) is 18.0 Å². The van der Waals surface area contributed by atoms with Crippen LogP contribution in [0.2, 0.25) is 0 Å². The van der Waals surface area contributed by atoms with E-state index < -0.39 is 11.7 Å². The van der Waals surface area contributed by atoms with Gasteiger partial charge in [0.15, 0.2) is 17.8 Å². The van der Waals surface area contributed by atoms with Crippen LogP contribution in [0.15, 0.2) is 24.4 Å². The molecule has 2 aromatic heterocycles. The van der Waals surface area contributed by atoms with Crippen LogP contribution in [-0.4, -0.2) is 38.9 Å². The first-order valence-corrected chi connectivity index (χ1v) is 7.14. The predicted octanol–water partition coefficient (Wildman–Crippen LogP) is 2.51. The first-order valence-electron chi connectivity index (χ1n) is 7.14. The van der Waals surface area contributed by atoms with Crippen LogP contribution in [0, 0.1) is 0 Å². The van der Waals surface area contributed by atoms with Gasteiger partial charge in [0.05, 0.1) is 22.8 Å². The third-order valence-electron chi connectivity index (χ3n) is 3.52. The number of halogens is 3. The number of hydrogen-bond acceptors (Lipinski definition) is 5. The fourth-order valence-electron chi connectivity index (χ4n) is 2.42. The Hall–Kier alpha value is -2.68. The second kappa shape index (κ2) is 6.08. The summed E-state index contributed by atoms with van der Waals surface area (Å²) in [7, 11) is 0. The number of aldehydes is 1. The van der Waals surface area contributed by atoms with E-state index in [1.54, 1.807) is 0 Å². The molecule has 24 heavy (non-hydrogen) atoms. The molecule has 3 aromatic rings. The van der Waals surface area contributed by atoms with Crippen molar-refractivity contribution in [3.8, 4) is 0 Å². The van der Waals surface area contributed by atoms with Gasteiger partial charge in [0.25, 0.3) is 0 Å². The number of nitrogens with zero attached hydrogens (tertiary/aromatic N) is 3. The van der Waals surface area contributed by atoms with Crippen molar-refractivity contribution < 1.29 is 23.1 Å². The van der Waals surface area contributed by atoms with Crippen molar-refractivity contribution in [1.82, 2.24) is 14.4 Å². The smallest absolute Gasteiger partial charge is 0.396 e. The Morgan fingerprint density at radius 3 is 2.79 bits per heavy atom. The normalized spacial score (nSPS) is 12.0. The molecule has 3 rings (SSSR count). The molecule has 2 heterocycles. The number of nitrogens with one attached hydrogen (secondary N) is 1. The number of aromatic nitrogens is 3. The molecule has 0 amide bonds. The summed E-state index contributed by atoms with van der Waals surface area (Å²) >= 11 is 0. The third-order valence-corrected chi connectivity index (χ3v) is 3.52. The van der Waals surface area contributed by atoms with Crippen LogP contribution in [0.4, 0.5) is 19.0 Å². The molecule has 0 aliphatic rings. The molecule has 0 saturated heterocycles. The molecular formula is C15H13F3N4O2. The molecule has 1 aromatic carbocycles. The van der Waals surface area contributed by atoms with Gasteiger partial charge in [-0.1, -0.05) is 0 Å². The van der Waals surface area contributed by atoms with Crippen LogP contribution in [0.3, 0.4) is 0 Å². The molecule has 0 unspecified atom stereocenters. The van der Waals surface area contributed by atoms with E-state index in [1.165, 1.54) is 16.7 Å². The van der Waals surface area contributed by atoms with Crippen LogP contribution < -0.4 is 5.32 Å². The predicted molar refractivity (Wildman–Crippen MR) is 81.1 cm³/mol. The van der Waals surface area contributed by atoms with Crippen molar-refractivity contribution in [1.29, 1.82) is 0 Å². The van der Waals surface area contributed by atoms with Gasteiger partial charge in [0.2, 0.25) is 0 Å². The number of benzene rings is 1. The monoisotopic (exact) mass is 338 g/mol. The average molecular weight is 338 g/mol. The Morgan fingerprint density at radius 1 is 1.33 bits per heavy atom. The first-order chi connectivity index (χ1) is 11.5. The summed E-state index contributed by atoms with van der Waals surface area (Å²) in [5.41, 5.74) is 0.163. The molecule has 0 spiro atoms. The highest BCUT2D eigenvalue weighted by molar-refractivity contribution is 5.87. The van der Waals surface area contributed by atoms with E-state index in [1.807, 2.05) is 0 Å². The lowest BCUT2D eigenvalue weighted by atomic mass is 10.2. The molecule has 0 bridgehead atoms. The zero-order chi connectivity index (χ0) is 17.3. The Kier molecular flexibility index (Phi) is 4.10. The first kappa shape index (κ1) is 16.2. The lowest BCUT2D eigenvalue weighted by molar-refractivity contribution is -0.137. The fraction of sp³-hybridized carbons (Fsp3) is 0.267. The van der Waals surface area contributed by atoms with E-state index >= 15 is 0 Å². The minimum atomic E-state index is -4.49. The lowest BCUT2D eigenvalue weighted by Crippen LogP contribution is -2.09. The lowest BCUT2D eigenvalue weighted by Gasteiger charge is -2.12. The minimum Gasteiger partial charge on any atom is -0.396 e. The highest BCUT2D eigenvalue weighted by Crippen LogP contribution is 2.32. The van der Waals surface area contributed by atoms with Gasteiger partial charge in [-0.25, -0.2) is 9.97 Å². The van der Waals surface area contributed by atoms with Gasteiger partial charge in [0.1, 0.15) is 5.69 Å². The summed E-state index contributed by atoms with van der Waals surface area (Å²) in [6.07, 6.45) is -2.14. The average Bonchev–Trinajstić information content (AvgIpc) is 2.98. The summed E-state index contributed by atoms with van der Waals surface area (Å²) < 4.78 is 40.2. The number of aliphatic hydroxyl groups is 1. The van der Waals surface area contributed by atoms with Crippen LogP contribution >= 0.6 is 0 Å². The van der Waals surface area contributed by atoms with Crippen molar-refractivity contribution in [3.05, 3.63) is 35.7 Å². The number of rotatable bonds is 5. The Morgan fingerprint density at radius 2 is 2.12 bits per heavy atom. The number of carbonyl (C=O) groups is 1. The second-order valence-electron chi connectivity index (χ2n) is 5.13. The highest BCUT2D eigenvalue weighted by atomic mass is 19.4. The quantitative estimate of drug-likeness (QED) is 0.552. The summed E-state index contributed by atoms with van der Waals surface area (Å²) in [4.78, 5) is 19.5. The van der Waals surface area contributed by atoms with Gasteiger partial charge in [0, 0.05) is 13.2 Å². The van der Waals surface area contributed by atoms with Gasteiger partial charge in [-0.05, 0) is 24.6 Å². The molecule has 2 N–H and O–H groups in total. The zero-order valence-corrected chi connectivity index (χ0v) is 12.3. The number of alkyl halides is 3. The van der Waals surface area contributed by atoms with Crippen LogP contribution in [0.25, 0.3) is 16.7 Å².